The van der Waals surface area contributed by atoms with E-state index in [1.165, 1.54) is 24.3 Å². The van der Waals surface area contributed by atoms with Crippen molar-refractivity contribution in [1.29, 1.82) is 0 Å². The van der Waals surface area contributed by atoms with Gasteiger partial charge in [0.25, 0.3) is 5.91 Å². The van der Waals surface area contributed by atoms with Crippen LogP contribution in [0.2, 0.25) is 5.02 Å². The van der Waals surface area contributed by atoms with Crippen molar-refractivity contribution in [3.63, 3.8) is 0 Å². The Morgan fingerprint density at radius 3 is 2.56 bits per heavy atom. The van der Waals surface area contributed by atoms with Crippen LogP contribution in [0.5, 0.6) is 5.75 Å². The van der Waals surface area contributed by atoms with Crippen molar-refractivity contribution in [2.75, 3.05) is 37.7 Å². The zero-order valence-corrected chi connectivity index (χ0v) is 17.4. The lowest BCUT2D eigenvalue weighted by Gasteiger charge is -2.36. The van der Waals surface area contributed by atoms with E-state index in [-0.39, 0.29) is 12.0 Å². The van der Waals surface area contributed by atoms with Gasteiger partial charge in [0.05, 0.1) is 5.56 Å². The first-order valence-electron chi connectivity index (χ1n) is 10.3. The third-order valence-corrected chi connectivity index (χ3v) is 7.39. The van der Waals surface area contributed by atoms with Crippen LogP contribution in [0.4, 0.5) is 0 Å². The molecule has 1 aromatic carbocycles. The highest BCUT2D eigenvalue weighted by atomic mass is 35.5. The van der Waals surface area contributed by atoms with Crippen LogP contribution in [0.15, 0.2) is 18.2 Å². The van der Waals surface area contributed by atoms with Crippen molar-refractivity contribution < 1.29 is 9.53 Å². The van der Waals surface area contributed by atoms with Crippen molar-refractivity contribution in [1.82, 2.24) is 9.80 Å². The number of halogens is 1. The largest absolute Gasteiger partial charge is 0.489 e. The molecule has 1 unspecified atom stereocenters. The van der Waals surface area contributed by atoms with Gasteiger partial charge in [0.1, 0.15) is 11.9 Å². The maximum Gasteiger partial charge on any atom is 0.257 e. The molecule has 148 valence electrons. The minimum atomic E-state index is 0.0850. The highest BCUT2D eigenvalue weighted by Crippen LogP contribution is 2.30. The van der Waals surface area contributed by atoms with Gasteiger partial charge in [0.2, 0.25) is 0 Å². The second-order valence-corrected chi connectivity index (χ2v) is 9.45. The monoisotopic (exact) mass is 408 g/mol. The van der Waals surface area contributed by atoms with Gasteiger partial charge in [0, 0.05) is 43.0 Å². The molecule has 3 saturated heterocycles. The van der Waals surface area contributed by atoms with Crippen molar-refractivity contribution in [3.05, 3.63) is 28.8 Å². The lowest BCUT2D eigenvalue weighted by molar-refractivity contribution is 0.0687. The van der Waals surface area contributed by atoms with Gasteiger partial charge in [-0.2, -0.15) is 11.8 Å². The summed E-state index contributed by atoms with van der Waals surface area (Å²) in [6.45, 7) is 3.87. The Hall–Kier alpha value is -0.910. The van der Waals surface area contributed by atoms with Crippen molar-refractivity contribution >= 4 is 29.3 Å². The Morgan fingerprint density at radius 1 is 1.07 bits per heavy atom. The number of carbonyl (C=O) groups is 1. The van der Waals surface area contributed by atoms with Crippen LogP contribution in [-0.4, -0.2) is 65.5 Å². The molecule has 1 amide bonds. The molecule has 1 aromatic rings. The predicted molar refractivity (Wildman–Crippen MR) is 112 cm³/mol. The first-order chi connectivity index (χ1) is 13.2. The fourth-order valence-electron chi connectivity index (χ4n) is 4.39. The summed E-state index contributed by atoms with van der Waals surface area (Å²) < 4.78 is 6.33. The lowest BCUT2D eigenvalue weighted by Crippen LogP contribution is -2.44. The summed E-state index contributed by atoms with van der Waals surface area (Å²) in [6, 6.07) is 6.20. The molecular formula is C21H29ClN2O2S. The molecule has 6 heteroatoms. The zero-order chi connectivity index (χ0) is 18.6. The van der Waals surface area contributed by atoms with Crippen LogP contribution in [0, 0.1) is 0 Å². The number of rotatable bonds is 4. The van der Waals surface area contributed by atoms with Gasteiger partial charge in [0.15, 0.2) is 0 Å². The number of nitrogens with zero attached hydrogens (tertiary/aromatic N) is 2. The maximum absolute atomic E-state index is 13.0. The molecule has 4 nitrogen and oxygen atoms in total. The highest BCUT2D eigenvalue weighted by molar-refractivity contribution is 7.99. The Morgan fingerprint density at radius 2 is 1.85 bits per heavy atom. The van der Waals surface area contributed by atoms with Crippen LogP contribution in [0.1, 0.15) is 48.9 Å². The first-order valence-corrected chi connectivity index (χ1v) is 11.8. The second kappa shape index (κ2) is 9.06. The van der Waals surface area contributed by atoms with E-state index in [1.807, 2.05) is 17.0 Å². The molecule has 0 saturated carbocycles. The summed E-state index contributed by atoms with van der Waals surface area (Å²) in [5.74, 6) is 3.31. The van der Waals surface area contributed by atoms with E-state index in [9.17, 15) is 4.79 Å². The quantitative estimate of drug-likeness (QED) is 0.742. The summed E-state index contributed by atoms with van der Waals surface area (Å²) in [5, 5.41) is 0.626. The van der Waals surface area contributed by atoms with Crippen LogP contribution in [0.25, 0.3) is 0 Å². The molecule has 1 atom stereocenters. The van der Waals surface area contributed by atoms with Crippen molar-refractivity contribution in [2.24, 2.45) is 0 Å². The van der Waals surface area contributed by atoms with Gasteiger partial charge < -0.3 is 9.64 Å². The normalized spacial score (nSPS) is 24.9. The smallest absolute Gasteiger partial charge is 0.257 e. The number of thioether (sulfide) groups is 1. The van der Waals surface area contributed by atoms with E-state index in [4.69, 9.17) is 16.3 Å². The Kier molecular flexibility index (Phi) is 6.51. The van der Waals surface area contributed by atoms with Gasteiger partial charge in [-0.1, -0.05) is 11.6 Å². The summed E-state index contributed by atoms with van der Waals surface area (Å²) in [6.07, 6.45) is 6.92. The molecule has 3 fully saturated rings. The number of likely N-dealkylation sites (tertiary alicyclic amines) is 2. The average molecular weight is 409 g/mol. The van der Waals surface area contributed by atoms with E-state index >= 15 is 0 Å². The molecule has 3 aliphatic rings. The number of piperidine rings is 2. The number of amides is 1. The molecule has 0 radical (unpaired) electrons. The third-order valence-electron chi connectivity index (χ3n) is 6.01. The minimum absolute atomic E-state index is 0.0850. The number of benzene rings is 1. The Bertz CT molecular complexity index is 652. The van der Waals surface area contributed by atoms with Gasteiger partial charge in [-0.3, -0.25) is 9.69 Å². The summed E-state index contributed by atoms with van der Waals surface area (Å²) in [7, 11) is 0. The first kappa shape index (κ1) is 19.4. The van der Waals surface area contributed by atoms with E-state index in [2.05, 4.69) is 16.7 Å². The van der Waals surface area contributed by atoms with Crippen molar-refractivity contribution in [3.8, 4) is 5.75 Å². The molecule has 27 heavy (non-hydrogen) atoms. The predicted octanol–water partition coefficient (Wildman–Crippen LogP) is 4.31. The minimum Gasteiger partial charge on any atom is -0.489 e. The fourth-order valence-corrected chi connectivity index (χ4v) is 5.80. The third kappa shape index (κ3) is 4.75. The van der Waals surface area contributed by atoms with E-state index < -0.39 is 0 Å². The fraction of sp³-hybridized carbons (Fsp3) is 0.667. The standard InChI is InChI=1S/C21H29ClN2O2S/c22-16-4-5-19(21(25)24-9-2-1-3-10-24)20(14-16)26-18-6-11-23(12-7-18)17-8-13-27-15-17/h4-5,14,17-18H,1-3,6-13,15H2. The second-order valence-electron chi connectivity index (χ2n) is 7.86. The molecule has 3 aliphatic heterocycles. The molecule has 0 N–H and O–H groups in total. The Labute approximate surface area is 171 Å². The van der Waals surface area contributed by atoms with Gasteiger partial charge >= 0.3 is 0 Å². The number of hydrogen-bond donors (Lipinski definition) is 0. The molecular weight excluding hydrogens is 380 g/mol. The Balaban J connectivity index is 1.41. The van der Waals surface area contributed by atoms with Crippen LogP contribution in [0.3, 0.4) is 0 Å². The summed E-state index contributed by atoms with van der Waals surface area (Å²) in [5.41, 5.74) is 0.663. The molecule has 0 bridgehead atoms. The van der Waals surface area contributed by atoms with Crippen LogP contribution >= 0.6 is 23.4 Å². The van der Waals surface area contributed by atoms with Gasteiger partial charge in [-0.25, -0.2) is 0 Å². The SMILES string of the molecule is O=C(c1ccc(Cl)cc1OC1CCN(C2CCSC2)CC1)N1CCCCC1. The van der Waals surface area contributed by atoms with Gasteiger partial charge in [-0.05, 0) is 62.5 Å². The molecule has 4 rings (SSSR count). The van der Waals surface area contributed by atoms with Crippen molar-refractivity contribution in [2.45, 2.75) is 50.7 Å². The number of carbonyl (C=O) groups excluding carboxylic acids is 1. The maximum atomic E-state index is 13.0. The average Bonchev–Trinajstić information content (AvgIpc) is 3.24. The molecule has 3 heterocycles. The van der Waals surface area contributed by atoms with Crippen LogP contribution < -0.4 is 4.74 Å². The molecule has 0 spiro atoms. The number of hydrogen-bond acceptors (Lipinski definition) is 4. The zero-order valence-electron chi connectivity index (χ0n) is 15.9. The summed E-state index contributed by atoms with van der Waals surface area (Å²) in [4.78, 5) is 17.6. The van der Waals surface area contributed by atoms with E-state index in [0.717, 1.165) is 57.9 Å². The molecule has 0 aliphatic carbocycles. The van der Waals surface area contributed by atoms with E-state index in [0.29, 0.717) is 16.3 Å². The summed E-state index contributed by atoms with van der Waals surface area (Å²) >= 11 is 8.29. The van der Waals surface area contributed by atoms with Gasteiger partial charge in [-0.15, -0.1) is 0 Å². The molecule has 0 aromatic heterocycles. The van der Waals surface area contributed by atoms with E-state index in [1.54, 1.807) is 6.07 Å². The topological polar surface area (TPSA) is 32.8 Å². The highest BCUT2D eigenvalue weighted by Gasteiger charge is 2.29. The number of ether oxygens (including phenoxy) is 1. The lowest BCUT2D eigenvalue weighted by atomic mass is 10.0. The van der Waals surface area contributed by atoms with Crippen LogP contribution in [-0.2, 0) is 0 Å².